The summed E-state index contributed by atoms with van der Waals surface area (Å²) in [6.07, 6.45) is 3.31. The van der Waals surface area contributed by atoms with E-state index in [1.54, 1.807) is 30.3 Å². The number of cyclic esters (lactones) is 1. The average molecular weight is 753 g/mol. The van der Waals surface area contributed by atoms with Gasteiger partial charge in [0.05, 0.1) is 37.3 Å². The summed E-state index contributed by atoms with van der Waals surface area (Å²) in [6, 6.07) is 13.6. The molecule has 0 saturated carbocycles. The van der Waals surface area contributed by atoms with Gasteiger partial charge in [0.2, 0.25) is 0 Å². The molecule has 6 bridgehead atoms. The predicted octanol–water partition coefficient (Wildman–Crippen LogP) is 5.38. The highest BCUT2D eigenvalue weighted by Gasteiger charge is 2.36. The largest absolute Gasteiger partial charge is 0.508 e. The van der Waals surface area contributed by atoms with Gasteiger partial charge in [-0.25, -0.2) is 10.2 Å². The van der Waals surface area contributed by atoms with E-state index < -0.39 is 23.5 Å². The van der Waals surface area contributed by atoms with Crippen LogP contribution >= 0.6 is 0 Å². The van der Waals surface area contributed by atoms with E-state index in [9.17, 15) is 19.5 Å². The number of rotatable bonds is 5. The van der Waals surface area contributed by atoms with Gasteiger partial charge in [0, 0.05) is 67.8 Å². The van der Waals surface area contributed by atoms with Gasteiger partial charge in [-0.2, -0.15) is 0 Å². The monoisotopic (exact) mass is 752 g/mol. The van der Waals surface area contributed by atoms with Crippen molar-refractivity contribution in [2.45, 2.75) is 78.1 Å². The molecular weight excluding hydrogens is 700 g/mol. The van der Waals surface area contributed by atoms with Gasteiger partial charge in [-0.15, -0.1) is 0 Å². The van der Waals surface area contributed by atoms with Crippen LogP contribution in [0.2, 0.25) is 0 Å². The lowest BCUT2D eigenvalue weighted by molar-refractivity contribution is -0.155. The van der Waals surface area contributed by atoms with Crippen LogP contribution in [-0.4, -0.2) is 101 Å². The summed E-state index contributed by atoms with van der Waals surface area (Å²) in [6.45, 7) is 11.2. The highest BCUT2D eigenvalue weighted by Crippen LogP contribution is 2.42. The average Bonchev–Trinajstić information content (AvgIpc) is 3.50. The van der Waals surface area contributed by atoms with Gasteiger partial charge in [-0.05, 0) is 91.8 Å². The number of phenols is 1. The summed E-state index contributed by atoms with van der Waals surface area (Å²) < 4.78 is 19.6. The Kier molecular flexibility index (Phi) is 11.2. The first kappa shape index (κ1) is 38.3. The lowest BCUT2D eigenvalue weighted by atomic mass is 9.84. The molecule has 3 aliphatic rings. The number of benzene rings is 2. The van der Waals surface area contributed by atoms with E-state index in [4.69, 9.17) is 19.2 Å². The van der Waals surface area contributed by atoms with Crippen LogP contribution in [0.5, 0.6) is 5.75 Å². The van der Waals surface area contributed by atoms with Crippen LogP contribution < -0.4 is 10.7 Å². The standard InChI is InChI=1S/C42H52N6O7/c1-6-47-36-12-11-28-23-32(36)33(38(47)31-9-7-13-43-37(31)26(2)53-5)24-42(3,4)25-55-40(51)34-10-8-14-48(45-34)39(50)35(21-27-19-29(28)22-30(49)20-27)44-41(52)46-15-17-54-18-16-46/h7,9,11-13,19-20,22-23,26,34-35,45,49H,6,8,10,14-18,21,24-25H2,1-5H3,(H,44,52)/t26-,34-,35-/m0/s1. The number of methoxy groups -OCH3 is 1. The number of nitrogens with zero attached hydrogens (tertiary/aromatic N) is 4. The third-order valence-electron chi connectivity index (χ3n) is 11.0. The van der Waals surface area contributed by atoms with Crippen molar-refractivity contribution in [2.24, 2.45) is 5.41 Å². The predicted molar refractivity (Wildman–Crippen MR) is 208 cm³/mol. The topological polar surface area (TPSA) is 147 Å². The SMILES string of the molecule is CCn1c(-c2cccnc2[C@H](C)OC)c2c3cc(ccc31)-c1cc(O)cc(c1)C[C@H](NC(=O)N1CCOCC1)C(=O)N1CCC[C@H](N1)C(=O)OCC(C)(C)C2. The number of hydrazine groups is 1. The Balaban J connectivity index is 1.38. The summed E-state index contributed by atoms with van der Waals surface area (Å²) in [5, 5.41) is 16.6. The number of pyridine rings is 1. The minimum atomic E-state index is -0.983. The number of hydrogen-bond acceptors (Lipinski definition) is 9. The zero-order valence-corrected chi connectivity index (χ0v) is 32.4. The molecular formula is C42H52N6O7. The van der Waals surface area contributed by atoms with Crippen molar-refractivity contribution in [2.75, 3.05) is 46.6 Å². The van der Waals surface area contributed by atoms with Gasteiger partial charge in [-0.3, -0.25) is 19.6 Å². The van der Waals surface area contributed by atoms with E-state index in [2.05, 4.69) is 60.3 Å². The third kappa shape index (κ3) is 8.05. The fourth-order valence-corrected chi connectivity index (χ4v) is 8.07. The van der Waals surface area contributed by atoms with Gasteiger partial charge in [0.15, 0.2) is 0 Å². The highest BCUT2D eigenvalue weighted by atomic mass is 16.5. The molecule has 3 N–H and O–H groups in total. The first-order valence-corrected chi connectivity index (χ1v) is 19.3. The lowest BCUT2D eigenvalue weighted by Gasteiger charge is -2.36. The van der Waals surface area contributed by atoms with E-state index in [-0.39, 0.29) is 36.8 Å². The number of aromatic nitrogens is 2. The number of nitrogens with one attached hydrogen (secondary N) is 2. The van der Waals surface area contributed by atoms with Crippen molar-refractivity contribution < 1.29 is 33.7 Å². The van der Waals surface area contributed by atoms with Crippen LogP contribution in [0.15, 0.2) is 54.7 Å². The zero-order valence-electron chi connectivity index (χ0n) is 32.4. The molecule has 13 nitrogen and oxygen atoms in total. The molecule has 2 aromatic heterocycles. The number of carbonyl (C=O) groups is 3. The van der Waals surface area contributed by atoms with Gasteiger partial charge in [0.25, 0.3) is 5.91 Å². The highest BCUT2D eigenvalue weighted by molar-refractivity contribution is 5.95. The molecule has 7 rings (SSSR count). The summed E-state index contributed by atoms with van der Waals surface area (Å²) >= 11 is 0. The number of phenolic OH excluding ortho intramolecular Hbond substituents is 1. The molecule has 2 saturated heterocycles. The fourth-order valence-electron chi connectivity index (χ4n) is 8.07. The van der Waals surface area contributed by atoms with Crippen molar-refractivity contribution in [3.8, 4) is 28.1 Å². The Bertz CT molecular complexity index is 2070. The molecule has 13 heteroatoms. The van der Waals surface area contributed by atoms with E-state index >= 15 is 0 Å². The number of aryl methyl sites for hydroxylation is 1. The Morgan fingerprint density at radius 1 is 1.11 bits per heavy atom. The molecule has 5 heterocycles. The maximum Gasteiger partial charge on any atom is 0.324 e. The molecule has 0 unspecified atom stereocenters. The second-order valence-electron chi connectivity index (χ2n) is 15.6. The number of carbonyl (C=O) groups excluding carboxylic acids is 3. The van der Waals surface area contributed by atoms with Crippen LogP contribution in [0.25, 0.3) is 33.3 Å². The second-order valence-corrected chi connectivity index (χ2v) is 15.6. The number of ether oxygens (including phenoxy) is 3. The molecule has 55 heavy (non-hydrogen) atoms. The summed E-state index contributed by atoms with van der Waals surface area (Å²) in [7, 11) is 1.68. The van der Waals surface area contributed by atoms with Crippen molar-refractivity contribution >= 4 is 28.8 Å². The van der Waals surface area contributed by atoms with Crippen LogP contribution in [0.3, 0.4) is 0 Å². The van der Waals surface area contributed by atoms with Crippen molar-refractivity contribution in [3.63, 3.8) is 0 Å². The molecule has 3 aliphatic heterocycles. The summed E-state index contributed by atoms with van der Waals surface area (Å²) in [4.78, 5) is 47.8. The van der Waals surface area contributed by atoms with Gasteiger partial charge < -0.3 is 34.1 Å². The van der Waals surface area contributed by atoms with E-state index in [1.165, 1.54) is 5.01 Å². The minimum absolute atomic E-state index is 0.0494. The van der Waals surface area contributed by atoms with Crippen molar-refractivity contribution in [1.29, 1.82) is 0 Å². The molecule has 3 atom stereocenters. The molecule has 0 radical (unpaired) electrons. The summed E-state index contributed by atoms with van der Waals surface area (Å²) in [5.41, 5.74) is 9.94. The normalized spacial score (nSPS) is 21.2. The first-order chi connectivity index (χ1) is 26.5. The second kappa shape index (κ2) is 16.0. The number of fused-ring (bicyclic) bond motifs is 6. The van der Waals surface area contributed by atoms with Crippen LogP contribution in [0.1, 0.15) is 63.5 Å². The number of morpholine rings is 1. The number of aromatic hydroxyl groups is 1. The van der Waals surface area contributed by atoms with Crippen molar-refractivity contribution in [1.82, 2.24) is 30.2 Å². The van der Waals surface area contributed by atoms with E-state index in [1.807, 2.05) is 19.1 Å². The van der Waals surface area contributed by atoms with E-state index in [0.29, 0.717) is 64.2 Å². The van der Waals surface area contributed by atoms with Crippen LogP contribution in [0.4, 0.5) is 4.79 Å². The third-order valence-corrected chi connectivity index (χ3v) is 11.0. The molecule has 292 valence electrons. The Morgan fingerprint density at radius 2 is 1.91 bits per heavy atom. The number of esters is 1. The summed E-state index contributed by atoms with van der Waals surface area (Å²) in [5.74, 6) is -0.754. The van der Waals surface area contributed by atoms with Gasteiger partial charge in [-0.1, -0.05) is 26.0 Å². The van der Waals surface area contributed by atoms with Crippen LogP contribution in [-0.2, 0) is 43.2 Å². The number of hydrogen-bond donors (Lipinski definition) is 3. The Morgan fingerprint density at radius 3 is 2.67 bits per heavy atom. The van der Waals surface area contributed by atoms with Gasteiger partial charge in [0.1, 0.15) is 17.8 Å². The molecule has 3 amide bonds. The van der Waals surface area contributed by atoms with Crippen LogP contribution in [0, 0.1) is 5.41 Å². The number of amides is 3. The first-order valence-electron chi connectivity index (χ1n) is 19.3. The molecule has 0 spiro atoms. The molecule has 2 fully saturated rings. The fraction of sp³-hybridized carbons (Fsp3) is 0.476. The smallest absolute Gasteiger partial charge is 0.324 e. The van der Waals surface area contributed by atoms with E-state index in [0.717, 1.165) is 44.5 Å². The number of urea groups is 1. The molecule has 0 aliphatic carbocycles. The Hall–Kier alpha value is -4.98. The molecule has 2 aromatic carbocycles. The zero-order chi connectivity index (χ0) is 38.9. The maximum absolute atomic E-state index is 14.2. The lowest BCUT2D eigenvalue weighted by Crippen LogP contribution is -2.61. The van der Waals surface area contributed by atoms with Crippen molar-refractivity contribution in [3.05, 3.63) is 71.5 Å². The maximum atomic E-state index is 14.2. The van der Waals surface area contributed by atoms with Gasteiger partial charge >= 0.3 is 12.0 Å². The Labute approximate surface area is 321 Å². The minimum Gasteiger partial charge on any atom is -0.508 e. The molecule has 4 aromatic rings. The quantitative estimate of drug-likeness (QED) is 0.229.